The zero-order chi connectivity index (χ0) is 13.5. The third kappa shape index (κ3) is 4.13. The number of aliphatic hydroxyl groups is 1. The highest BCUT2D eigenvalue weighted by Crippen LogP contribution is 2.30. The molecule has 106 valence electrons. The Bertz CT molecular complexity index is 381. The zero-order valence-corrected chi connectivity index (χ0v) is 11.8. The van der Waals surface area contributed by atoms with Crippen molar-refractivity contribution in [1.29, 1.82) is 0 Å². The van der Waals surface area contributed by atoms with E-state index in [-0.39, 0.29) is 0 Å². The summed E-state index contributed by atoms with van der Waals surface area (Å²) in [6.45, 7) is 3.96. The summed E-state index contributed by atoms with van der Waals surface area (Å²) in [6, 6.07) is 8.10. The molecular weight excluding hydrogens is 238 g/mol. The molecule has 0 aromatic heterocycles. The molecule has 1 aromatic carbocycles. The van der Waals surface area contributed by atoms with Gasteiger partial charge in [0.05, 0.1) is 6.61 Å². The maximum Gasteiger partial charge on any atom is 0.121 e. The summed E-state index contributed by atoms with van der Waals surface area (Å²) in [6.07, 6.45) is 4.95. The van der Waals surface area contributed by atoms with Gasteiger partial charge in [0.2, 0.25) is 0 Å². The summed E-state index contributed by atoms with van der Waals surface area (Å²) in [5.74, 6) is 1.97. The van der Waals surface area contributed by atoms with Crippen LogP contribution in [0.15, 0.2) is 24.3 Å². The van der Waals surface area contributed by atoms with E-state index in [9.17, 15) is 5.11 Å². The number of rotatable bonds is 6. The largest absolute Gasteiger partial charge is 0.494 e. The minimum atomic E-state index is 0.325. The first-order valence-electron chi connectivity index (χ1n) is 7.41. The van der Waals surface area contributed by atoms with Crippen LogP contribution in [0.4, 0.5) is 5.69 Å². The van der Waals surface area contributed by atoms with E-state index in [1.54, 1.807) is 0 Å². The highest BCUT2D eigenvalue weighted by Gasteiger charge is 2.23. The number of nitrogens with one attached hydrogen (secondary N) is 1. The van der Waals surface area contributed by atoms with E-state index in [1.807, 2.05) is 25.1 Å². The second-order valence-electron chi connectivity index (χ2n) is 5.33. The molecule has 2 N–H and O–H groups in total. The lowest BCUT2D eigenvalue weighted by Crippen LogP contribution is -2.28. The van der Waals surface area contributed by atoms with Crippen molar-refractivity contribution in [2.45, 2.75) is 32.6 Å². The molecule has 2 atom stereocenters. The van der Waals surface area contributed by atoms with Crippen LogP contribution in [-0.4, -0.2) is 24.9 Å². The summed E-state index contributed by atoms with van der Waals surface area (Å²) < 4.78 is 5.50. The fraction of sp³-hybridized carbons (Fsp3) is 0.625. The maximum absolute atomic E-state index is 9.42. The van der Waals surface area contributed by atoms with Crippen molar-refractivity contribution in [3.8, 4) is 5.75 Å². The van der Waals surface area contributed by atoms with Gasteiger partial charge in [-0.25, -0.2) is 0 Å². The Morgan fingerprint density at radius 3 is 2.79 bits per heavy atom. The van der Waals surface area contributed by atoms with Crippen molar-refractivity contribution in [3.05, 3.63) is 24.3 Å². The minimum Gasteiger partial charge on any atom is -0.494 e. The van der Waals surface area contributed by atoms with Gasteiger partial charge in [0.15, 0.2) is 0 Å². The van der Waals surface area contributed by atoms with Crippen molar-refractivity contribution in [2.75, 3.05) is 25.1 Å². The lowest BCUT2D eigenvalue weighted by Gasteiger charge is -2.30. The van der Waals surface area contributed by atoms with E-state index < -0.39 is 0 Å². The van der Waals surface area contributed by atoms with Gasteiger partial charge in [0, 0.05) is 24.9 Å². The Morgan fingerprint density at radius 1 is 1.26 bits per heavy atom. The van der Waals surface area contributed by atoms with Gasteiger partial charge >= 0.3 is 0 Å². The van der Waals surface area contributed by atoms with Gasteiger partial charge in [0.1, 0.15) is 5.75 Å². The third-order valence-electron chi connectivity index (χ3n) is 4.01. The first kappa shape index (κ1) is 14.2. The maximum atomic E-state index is 9.42. The molecule has 1 fully saturated rings. The Kier molecular flexibility index (Phi) is 5.52. The van der Waals surface area contributed by atoms with E-state index in [0.29, 0.717) is 25.0 Å². The molecule has 0 bridgehead atoms. The summed E-state index contributed by atoms with van der Waals surface area (Å²) >= 11 is 0. The Hall–Kier alpha value is -1.22. The molecular formula is C16H25NO2. The van der Waals surface area contributed by atoms with Crippen LogP contribution in [0, 0.1) is 11.8 Å². The van der Waals surface area contributed by atoms with Gasteiger partial charge in [0.25, 0.3) is 0 Å². The van der Waals surface area contributed by atoms with Crippen LogP contribution in [0.2, 0.25) is 0 Å². The molecule has 1 aromatic rings. The highest BCUT2D eigenvalue weighted by atomic mass is 16.5. The zero-order valence-electron chi connectivity index (χ0n) is 11.8. The molecule has 2 unspecified atom stereocenters. The van der Waals surface area contributed by atoms with Crippen molar-refractivity contribution in [3.63, 3.8) is 0 Å². The van der Waals surface area contributed by atoms with Gasteiger partial charge in [-0.05, 0) is 43.7 Å². The normalized spacial score (nSPS) is 23.1. The molecule has 3 heteroatoms. The van der Waals surface area contributed by atoms with Crippen LogP contribution < -0.4 is 10.1 Å². The minimum absolute atomic E-state index is 0.325. The first-order chi connectivity index (χ1) is 9.33. The van der Waals surface area contributed by atoms with Crippen LogP contribution in [-0.2, 0) is 0 Å². The molecule has 3 nitrogen and oxygen atoms in total. The predicted molar refractivity (Wildman–Crippen MR) is 78.6 cm³/mol. The van der Waals surface area contributed by atoms with E-state index in [0.717, 1.165) is 18.0 Å². The number of anilines is 1. The summed E-state index contributed by atoms with van der Waals surface area (Å²) in [5, 5.41) is 12.9. The molecule has 0 aliphatic heterocycles. The van der Waals surface area contributed by atoms with Gasteiger partial charge in [-0.2, -0.15) is 0 Å². The average molecular weight is 263 g/mol. The van der Waals surface area contributed by atoms with Gasteiger partial charge in [-0.15, -0.1) is 0 Å². The number of hydrogen-bond acceptors (Lipinski definition) is 3. The summed E-state index contributed by atoms with van der Waals surface area (Å²) in [5.41, 5.74) is 1.10. The van der Waals surface area contributed by atoms with E-state index >= 15 is 0 Å². The fourth-order valence-electron chi connectivity index (χ4n) is 2.90. The van der Waals surface area contributed by atoms with Gasteiger partial charge < -0.3 is 15.2 Å². The smallest absolute Gasteiger partial charge is 0.121 e. The second-order valence-corrected chi connectivity index (χ2v) is 5.33. The Labute approximate surface area is 116 Å². The standard InChI is InChI=1S/C16H25NO2/c1-2-19-16-9-5-8-15(10-16)17-11-13-6-3-4-7-14(13)12-18/h5,8-10,13-14,17-18H,2-4,6-7,11-12H2,1H3. The molecule has 0 saturated heterocycles. The van der Waals surface area contributed by atoms with Crippen LogP contribution in [0.1, 0.15) is 32.6 Å². The topological polar surface area (TPSA) is 41.5 Å². The average Bonchev–Trinajstić information content (AvgIpc) is 2.46. The third-order valence-corrected chi connectivity index (χ3v) is 4.01. The molecule has 0 radical (unpaired) electrons. The molecule has 19 heavy (non-hydrogen) atoms. The van der Waals surface area contributed by atoms with Crippen molar-refractivity contribution in [2.24, 2.45) is 11.8 Å². The summed E-state index contributed by atoms with van der Waals surface area (Å²) in [4.78, 5) is 0. The monoisotopic (exact) mass is 263 g/mol. The van der Waals surface area contributed by atoms with Crippen molar-refractivity contribution in [1.82, 2.24) is 0 Å². The molecule has 0 heterocycles. The lowest BCUT2D eigenvalue weighted by atomic mass is 9.79. The van der Waals surface area contributed by atoms with E-state index in [1.165, 1.54) is 25.7 Å². The number of hydrogen-bond donors (Lipinski definition) is 2. The predicted octanol–water partition coefficient (Wildman–Crippen LogP) is 3.30. The fourth-order valence-corrected chi connectivity index (χ4v) is 2.90. The number of ether oxygens (including phenoxy) is 1. The lowest BCUT2D eigenvalue weighted by molar-refractivity contribution is 0.141. The Morgan fingerprint density at radius 2 is 2.05 bits per heavy atom. The molecule has 0 spiro atoms. The number of benzene rings is 1. The molecule has 2 rings (SSSR count). The second kappa shape index (κ2) is 7.39. The van der Waals surface area contributed by atoms with Crippen LogP contribution in [0.5, 0.6) is 5.75 Å². The van der Waals surface area contributed by atoms with Gasteiger partial charge in [-0.3, -0.25) is 0 Å². The van der Waals surface area contributed by atoms with Crippen LogP contribution >= 0.6 is 0 Å². The molecule has 0 amide bonds. The molecule has 1 saturated carbocycles. The Balaban J connectivity index is 1.88. The van der Waals surface area contributed by atoms with E-state index in [2.05, 4.69) is 11.4 Å². The molecule has 1 aliphatic carbocycles. The number of aliphatic hydroxyl groups excluding tert-OH is 1. The van der Waals surface area contributed by atoms with Crippen molar-refractivity contribution >= 4 is 5.69 Å². The van der Waals surface area contributed by atoms with Crippen LogP contribution in [0.25, 0.3) is 0 Å². The van der Waals surface area contributed by atoms with E-state index in [4.69, 9.17) is 4.74 Å². The first-order valence-corrected chi connectivity index (χ1v) is 7.41. The highest BCUT2D eigenvalue weighted by molar-refractivity contribution is 5.48. The molecule has 1 aliphatic rings. The summed E-state index contributed by atoms with van der Waals surface area (Å²) in [7, 11) is 0. The quantitative estimate of drug-likeness (QED) is 0.827. The SMILES string of the molecule is CCOc1cccc(NCC2CCCCC2CO)c1. The van der Waals surface area contributed by atoms with Crippen molar-refractivity contribution < 1.29 is 9.84 Å². The van der Waals surface area contributed by atoms with Crippen LogP contribution in [0.3, 0.4) is 0 Å². The van der Waals surface area contributed by atoms with Gasteiger partial charge in [-0.1, -0.05) is 18.9 Å².